The molecule has 86 valence electrons. The van der Waals surface area contributed by atoms with Crippen molar-refractivity contribution in [3.63, 3.8) is 0 Å². The molecule has 0 aliphatic carbocycles. The summed E-state index contributed by atoms with van der Waals surface area (Å²) in [6, 6.07) is 3.46. The van der Waals surface area contributed by atoms with E-state index in [4.69, 9.17) is 5.73 Å². The molecule has 1 unspecified atom stereocenters. The third-order valence-electron chi connectivity index (χ3n) is 2.50. The van der Waals surface area contributed by atoms with Crippen LogP contribution in [0.15, 0.2) is 25.6 Å². The van der Waals surface area contributed by atoms with Crippen LogP contribution in [0.1, 0.15) is 6.42 Å². The van der Waals surface area contributed by atoms with Crippen LogP contribution < -0.4 is 10.6 Å². The first-order valence-electron chi connectivity index (χ1n) is 4.72. The SMILES string of the molecule is NC1CCN(c2c(Br)cc(Br)cc2Br)C1=O. The van der Waals surface area contributed by atoms with Gasteiger partial charge < -0.3 is 10.6 Å². The lowest BCUT2D eigenvalue weighted by atomic mass is 10.3. The van der Waals surface area contributed by atoms with Crippen LogP contribution in [0.3, 0.4) is 0 Å². The van der Waals surface area contributed by atoms with E-state index in [0.29, 0.717) is 13.0 Å². The molecule has 0 radical (unpaired) electrons. The lowest BCUT2D eigenvalue weighted by Gasteiger charge is -2.19. The molecule has 2 N–H and O–H groups in total. The van der Waals surface area contributed by atoms with Crippen molar-refractivity contribution in [3.8, 4) is 0 Å². The van der Waals surface area contributed by atoms with Gasteiger partial charge in [-0.2, -0.15) is 0 Å². The highest BCUT2D eigenvalue weighted by atomic mass is 79.9. The highest BCUT2D eigenvalue weighted by Gasteiger charge is 2.31. The number of hydrogen-bond donors (Lipinski definition) is 1. The fourth-order valence-electron chi connectivity index (χ4n) is 1.72. The number of benzene rings is 1. The number of hydrogen-bond acceptors (Lipinski definition) is 2. The van der Waals surface area contributed by atoms with Crippen molar-refractivity contribution in [3.05, 3.63) is 25.6 Å². The van der Waals surface area contributed by atoms with Crippen LogP contribution in [0.25, 0.3) is 0 Å². The van der Waals surface area contributed by atoms with Crippen molar-refractivity contribution in [2.24, 2.45) is 5.73 Å². The molecule has 16 heavy (non-hydrogen) atoms. The Kier molecular flexibility index (Phi) is 3.73. The smallest absolute Gasteiger partial charge is 0.244 e. The molecule has 1 fully saturated rings. The van der Waals surface area contributed by atoms with Crippen molar-refractivity contribution in [2.75, 3.05) is 11.4 Å². The van der Waals surface area contributed by atoms with E-state index >= 15 is 0 Å². The number of anilines is 1. The number of nitrogens with two attached hydrogens (primary N) is 1. The minimum Gasteiger partial charge on any atom is -0.320 e. The molecule has 6 heteroatoms. The molecule has 1 aromatic rings. The Morgan fingerprint density at radius 3 is 2.25 bits per heavy atom. The zero-order valence-electron chi connectivity index (χ0n) is 8.21. The first-order chi connectivity index (χ1) is 7.50. The normalized spacial score (nSPS) is 20.6. The molecule has 1 aliphatic rings. The maximum absolute atomic E-state index is 11.8. The molecule has 0 aromatic heterocycles. The molecule has 1 saturated heterocycles. The summed E-state index contributed by atoms with van der Waals surface area (Å²) in [5.74, 6) is -0.0243. The monoisotopic (exact) mass is 410 g/mol. The Bertz CT molecular complexity index is 427. The third kappa shape index (κ3) is 2.20. The summed E-state index contributed by atoms with van der Waals surface area (Å²) in [5.41, 5.74) is 6.55. The van der Waals surface area contributed by atoms with E-state index in [9.17, 15) is 4.79 Å². The van der Waals surface area contributed by atoms with E-state index in [2.05, 4.69) is 47.8 Å². The van der Waals surface area contributed by atoms with Crippen LogP contribution >= 0.6 is 47.8 Å². The largest absolute Gasteiger partial charge is 0.320 e. The van der Waals surface area contributed by atoms with E-state index in [1.807, 2.05) is 12.1 Å². The van der Waals surface area contributed by atoms with Gasteiger partial charge >= 0.3 is 0 Å². The molecule has 1 atom stereocenters. The molecule has 0 bridgehead atoms. The number of halogens is 3. The predicted molar refractivity (Wildman–Crippen MR) is 74.5 cm³/mol. The van der Waals surface area contributed by atoms with E-state index in [-0.39, 0.29) is 11.9 Å². The minimum atomic E-state index is -0.373. The van der Waals surface area contributed by atoms with Gasteiger partial charge in [0.15, 0.2) is 0 Å². The lowest BCUT2D eigenvalue weighted by Crippen LogP contribution is -2.34. The summed E-state index contributed by atoms with van der Waals surface area (Å²) >= 11 is 10.3. The Morgan fingerprint density at radius 2 is 1.81 bits per heavy atom. The Balaban J connectivity index is 2.45. The van der Waals surface area contributed by atoms with Crippen molar-refractivity contribution in [2.45, 2.75) is 12.5 Å². The Morgan fingerprint density at radius 1 is 1.25 bits per heavy atom. The summed E-state index contributed by atoms with van der Waals surface area (Å²) < 4.78 is 2.69. The summed E-state index contributed by atoms with van der Waals surface area (Å²) in [5, 5.41) is 0. The molecule has 1 heterocycles. The molecule has 1 aromatic carbocycles. The maximum Gasteiger partial charge on any atom is 0.244 e. The van der Waals surface area contributed by atoms with Crippen molar-refractivity contribution < 1.29 is 4.79 Å². The highest BCUT2D eigenvalue weighted by Crippen LogP contribution is 2.38. The van der Waals surface area contributed by atoms with Crippen LogP contribution in [0.4, 0.5) is 5.69 Å². The zero-order chi connectivity index (χ0) is 11.9. The number of nitrogens with zero attached hydrogens (tertiary/aromatic N) is 1. The molecule has 0 spiro atoms. The number of rotatable bonds is 1. The fraction of sp³-hybridized carbons (Fsp3) is 0.300. The van der Waals surface area contributed by atoms with Gasteiger partial charge in [0.2, 0.25) is 5.91 Å². The zero-order valence-corrected chi connectivity index (χ0v) is 13.0. The molecule has 3 nitrogen and oxygen atoms in total. The van der Waals surface area contributed by atoms with E-state index in [1.54, 1.807) is 4.90 Å². The van der Waals surface area contributed by atoms with Crippen LogP contribution in [0, 0.1) is 0 Å². The molecular weight excluding hydrogens is 404 g/mol. The summed E-state index contributed by atoms with van der Waals surface area (Å²) in [4.78, 5) is 13.6. The average molecular weight is 413 g/mol. The van der Waals surface area contributed by atoms with Crippen molar-refractivity contribution in [1.29, 1.82) is 0 Å². The lowest BCUT2D eigenvalue weighted by molar-refractivity contribution is -0.118. The second-order valence-electron chi connectivity index (χ2n) is 3.60. The second-order valence-corrected chi connectivity index (χ2v) is 6.23. The molecule has 2 rings (SSSR count). The highest BCUT2D eigenvalue weighted by molar-refractivity contribution is 9.11. The van der Waals surface area contributed by atoms with Crippen molar-refractivity contribution >= 4 is 59.4 Å². The van der Waals surface area contributed by atoms with Gasteiger partial charge in [0.05, 0.1) is 11.7 Å². The van der Waals surface area contributed by atoms with Gasteiger partial charge in [-0.1, -0.05) is 15.9 Å². The molecular formula is C10H9Br3N2O. The van der Waals surface area contributed by atoms with Gasteiger partial charge in [0.25, 0.3) is 0 Å². The van der Waals surface area contributed by atoms with Crippen molar-refractivity contribution in [1.82, 2.24) is 0 Å². The second kappa shape index (κ2) is 4.76. The van der Waals surface area contributed by atoms with Crippen LogP contribution in [-0.4, -0.2) is 18.5 Å². The number of carbonyl (C=O) groups excluding carboxylic acids is 1. The minimum absolute atomic E-state index is 0.0243. The van der Waals surface area contributed by atoms with Gasteiger partial charge in [0.1, 0.15) is 0 Å². The number of amides is 1. The molecule has 0 saturated carbocycles. The summed E-state index contributed by atoms with van der Waals surface area (Å²) in [6.45, 7) is 0.666. The molecule has 1 aliphatic heterocycles. The summed E-state index contributed by atoms with van der Waals surface area (Å²) in [6.07, 6.45) is 0.702. The van der Waals surface area contributed by atoms with Gasteiger partial charge in [-0.25, -0.2) is 0 Å². The van der Waals surface area contributed by atoms with Crippen LogP contribution in [0.2, 0.25) is 0 Å². The van der Waals surface area contributed by atoms with Crippen LogP contribution in [0.5, 0.6) is 0 Å². The quantitative estimate of drug-likeness (QED) is 0.770. The first-order valence-corrected chi connectivity index (χ1v) is 7.10. The maximum atomic E-state index is 11.8. The fourth-order valence-corrected chi connectivity index (χ4v) is 4.40. The Labute approximate surface area is 119 Å². The number of carbonyl (C=O) groups is 1. The van der Waals surface area contributed by atoms with Gasteiger partial charge in [-0.15, -0.1) is 0 Å². The van der Waals surface area contributed by atoms with E-state index in [0.717, 1.165) is 19.1 Å². The first kappa shape index (κ1) is 12.5. The Hall–Kier alpha value is 0.0900. The van der Waals surface area contributed by atoms with Gasteiger partial charge in [0, 0.05) is 20.0 Å². The molecule has 1 amide bonds. The van der Waals surface area contributed by atoms with Gasteiger partial charge in [-0.05, 0) is 50.4 Å². The van der Waals surface area contributed by atoms with Crippen LogP contribution in [-0.2, 0) is 4.79 Å². The predicted octanol–water partition coefficient (Wildman–Crippen LogP) is 3.04. The standard InChI is InChI=1S/C10H9Br3N2O/c11-5-3-6(12)9(7(13)4-5)15-2-1-8(14)10(15)16/h3-4,8H,1-2,14H2. The van der Waals surface area contributed by atoms with E-state index in [1.165, 1.54) is 0 Å². The van der Waals surface area contributed by atoms with Gasteiger partial charge in [-0.3, -0.25) is 4.79 Å². The average Bonchev–Trinajstić information content (AvgIpc) is 2.48. The van der Waals surface area contributed by atoms with E-state index < -0.39 is 0 Å². The summed E-state index contributed by atoms with van der Waals surface area (Å²) in [7, 11) is 0. The topological polar surface area (TPSA) is 46.3 Å². The third-order valence-corrected chi connectivity index (χ3v) is 4.17.